The highest BCUT2D eigenvalue weighted by Crippen LogP contribution is 2.24. The van der Waals surface area contributed by atoms with E-state index in [1.807, 2.05) is 36.5 Å². The van der Waals surface area contributed by atoms with Crippen LogP contribution in [0.2, 0.25) is 0 Å². The highest BCUT2D eigenvalue weighted by atomic mass is 14.7. The molecule has 0 fully saturated rings. The van der Waals surface area contributed by atoms with E-state index >= 15 is 0 Å². The first-order valence-electron chi connectivity index (χ1n) is 4.87. The Morgan fingerprint density at radius 1 is 0.933 bits per heavy atom. The molecule has 0 spiro atoms. The van der Waals surface area contributed by atoms with Gasteiger partial charge in [-0.15, -0.1) is 0 Å². The monoisotopic (exact) mass is 194 g/mol. The number of fused-ring (bicyclic) bond motifs is 3. The maximum atomic E-state index is 5.79. The molecule has 0 radical (unpaired) electrons. The lowest BCUT2D eigenvalue weighted by molar-refractivity contribution is 1.44. The Balaban J connectivity index is 2.57. The quantitative estimate of drug-likeness (QED) is 0.441. The molecule has 2 heteroatoms. The minimum absolute atomic E-state index is 0.778. The first-order chi connectivity index (χ1) is 7.34. The van der Waals surface area contributed by atoms with E-state index in [0.717, 1.165) is 22.0 Å². The SMILES string of the molecule is Nc1ccc2ncc3ccccc3c2c1. The minimum Gasteiger partial charge on any atom is -0.399 e. The summed E-state index contributed by atoms with van der Waals surface area (Å²) in [5, 5.41) is 3.47. The zero-order valence-electron chi connectivity index (χ0n) is 8.14. The van der Waals surface area contributed by atoms with Crippen LogP contribution in [0.5, 0.6) is 0 Å². The van der Waals surface area contributed by atoms with E-state index in [0.29, 0.717) is 0 Å². The molecular formula is C13H10N2. The molecule has 1 heterocycles. The van der Waals surface area contributed by atoms with Crippen LogP contribution in [0.4, 0.5) is 5.69 Å². The first kappa shape index (κ1) is 8.24. The molecule has 0 amide bonds. The summed E-state index contributed by atoms with van der Waals surface area (Å²) in [6.07, 6.45) is 1.90. The zero-order valence-corrected chi connectivity index (χ0v) is 8.14. The van der Waals surface area contributed by atoms with Gasteiger partial charge in [-0.3, -0.25) is 4.98 Å². The van der Waals surface area contributed by atoms with Crippen molar-refractivity contribution in [3.8, 4) is 0 Å². The van der Waals surface area contributed by atoms with E-state index in [4.69, 9.17) is 5.73 Å². The van der Waals surface area contributed by atoms with Gasteiger partial charge in [-0.2, -0.15) is 0 Å². The second-order valence-corrected chi connectivity index (χ2v) is 3.62. The van der Waals surface area contributed by atoms with Gasteiger partial charge in [-0.05, 0) is 23.6 Å². The fourth-order valence-corrected chi connectivity index (χ4v) is 1.88. The van der Waals surface area contributed by atoms with Crippen LogP contribution < -0.4 is 5.73 Å². The van der Waals surface area contributed by atoms with Crippen LogP contribution >= 0.6 is 0 Å². The third-order valence-electron chi connectivity index (χ3n) is 2.61. The normalized spacial score (nSPS) is 10.9. The molecule has 2 aromatic carbocycles. The van der Waals surface area contributed by atoms with Crippen LogP contribution in [0.15, 0.2) is 48.7 Å². The molecule has 72 valence electrons. The summed E-state index contributed by atoms with van der Waals surface area (Å²) in [5.41, 5.74) is 7.55. The van der Waals surface area contributed by atoms with Gasteiger partial charge in [-0.1, -0.05) is 24.3 Å². The maximum absolute atomic E-state index is 5.79. The maximum Gasteiger partial charge on any atom is 0.0709 e. The number of nitrogen functional groups attached to an aromatic ring is 1. The van der Waals surface area contributed by atoms with Gasteiger partial charge in [0.2, 0.25) is 0 Å². The zero-order chi connectivity index (χ0) is 10.3. The molecule has 1 aromatic heterocycles. The summed E-state index contributed by atoms with van der Waals surface area (Å²) in [4.78, 5) is 4.39. The molecular weight excluding hydrogens is 184 g/mol. The van der Waals surface area contributed by atoms with Crippen molar-refractivity contribution in [2.24, 2.45) is 0 Å². The summed E-state index contributed by atoms with van der Waals surface area (Å²) in [5.74, 6) is 0. The number of anilines is 1. The van der Waals surface area contributed by atoms with E-state index in [2.05, 4.69) is 17.1 Å². The number of nitrogens with two attached hydrogens (primary N) is 1. The van der Waals surface area contributed by atoms with Crippen molar-refractivity contribution >= 4 is 27.4 Å². The lowest BCUT2D eigenvalue weighted by Crippen LogP contribution is -1.86. The fourth-order valence-electron chi connectivity index (χ4n) is 1.88. The first-order valence-corrected chi connectivity index (χ1v) is 4.87. The molecule has 0 saturated carbocycles. The van der Waals surface area contributed by atoms with Crippen LogP contribution in [0.1, 0.15) is 0 Å². The van der Waals surface area contributed by atoms with Crippen LogP contribution in [-0.2, 0) is 0 Å². The molecule has 3 rings (SSSR count). The molecule has 0 saturated heterocycles. The molecule has 0 unspecified atom stereocenters. The highest BCUT2D eigenvalue weighted by molar-refractivity contribution is 6.06. The number of rotatable bonds is 0. The Bertz CT molecular complexity index is 644. The van der Waals surface area contributed by atoms with Crippen LogP contribution in [0.3, 0.4) is 0 Å². The summed E-state index contributed by atoms with van der Waals surface area (Å²) in [6, 6.07) is 14.0. The Hall–Kier alpha value is -2.09. The Kier molecular flexibility index (Phi) is 1.62. The van der Waals surface area contributed by atoms with E-state index in [1.54, 1.807) is 0 Å². The van der Waals surface area contributed by atoms with E-state index in [-0.39, 0.29) is 0 Å². The van der Waals surface area contributed by atoms with Crippen molar-refractivity contribution < 1.29 is 0 Å². The van der Waals surface area contributed by atoms with Gasteiger partial charge in [0, 0.05) is 22.7 Å². The fraction of sp³-hybridized carbons (Fsp3) is 0. The lowest BCUT2D eigenvalue weighted by atomic mass is 10.1. The summed E-state index contributed by atoms with van der Waals surface area (Å²) in [7, 11) is 0. The number of hydrogen-bond donors (Lipinski definition) is 1. The molecule has 0 aliphatic heterocycles. The highest BCUT2D eigenvalue weighted by Gasteiger charge is 2.00. The van der Waals surface area contributed by atoms with Crippen molar-refractivity contribution in [1.82, 2.24) is 4.98 Å². The smallest absolute Gasteiger partial charge is 0.0709 e. The van der Waals surface area contributed by atoms with E-state index < -0.39 is 0 Å². The molecule has 3 aromatic rings. The van der Waals surface area contributed by atoms with Crippen molar-refractivity contribution in [3.05, 3.63) is 48.7 Å². The molecule has 0 aliphatic carbocycles. The van der Waals surface area contributed by atoms with Gasteiger partial charge >= 0.3 is 0 Å². The third-order valence-corrected chi connectivity index (χ3v) is 2.61. The Labute approximate surface area is 87.4 Å². The molecule has 2 nitrogen and oxygen atoms in total. The van der Waals surface area contributed by atoms with Gasteiger partial charge in [0.25, 0.3) is 0 Å². The number of hydrogen-bond acceptors (Lipinski definition) is 2. The number of aromatic nitrogens is 1. The van der Waals surface area contributed by atoms with Crippen LogP contribution in [-0.4, -0.2) is 4.98 Å². The van der Waals surface area contributed by atoms with Crippen LogP contribution in [0.25, 0.3) is 21.7 Å². The second kappa shape index (κ2) is 2.95. The topological polar surface area (TPSA) is 38.9 Å². The third kappa shape index (κ3) is 1.22. The van der Waals surface area contributed by atoms with Gasteiger partial charge in [0.1, 0.15) is 0 Å². The molecule has 15 heavy (non-hydrogen) atoms. The number of benzene rings is 2. The van der Waals surface area contributed by atoms with Crippen molar-refractivity contribution in [3.63, 3.8) is 0 Å². The summed E-state index contributed by atoms with van der Waals surface area (Å²) < 4.78 is 0. The summed E-state index contributed by atoms with van der Waals surface area (Å²) >= 11 is 0. The average molecular weight is 194 g/mol. The predicted octanol–water partition coefficient (Wildman–Crippen LogP) is 2.97. The van der Waals surface area contributed by atoms with Gasteiger partial charge in [0.05, 0.1) is 5.52 Å². The lowest BCUT2D eigenvalue weighted by Gasteiger charge is -2.03. The van der Waals surface area contributed by atoms with Crippen molar-refractivity contribution in [2.75, 3.05) is 5.73 Å². The van der Waals surface area contributed by atoms with E-state index in [1.165, 1.54) is 5.39 Å². The van der Waals surface area contributed by atoms with Crippen molar-refractivity contribution in [1.29, 1.82) is 0 Å². The van der Waals surface area contributed by atoms with Gasteiger partial charge in [0.15, 0.2) is 0 Å². The number of nitrogens with zero attached hydrogens (tertiary/aromatic N) is 1. The Morgan fingerprint density at radius 2 is 1.80 bits per heavy atom. The average Bonchev–Trinajstić information content (AvgIpc) is 2.29. The molecule has 2 N–H and O–H groups in total. The second-order valence-electron chi connectivity index (χ2n) is 3.62. The van der Waals surface area contributed by atoms with Gasteiger partial charge < -0.3 is 5.73 Å². The standard InChI is InChI=1S/C13H10N2/c14-10-5-6-13-12(7-10)11-4-2-1-3-9(11)8-15-13/h1-8H,14H2. The largest absolute Gasteiger partial charge is 0.399 e. The molecule has 0 bridgehead atoms. The Morgan fingerprint density at radius 3 is 2.73 bits per heavy atom. The van der Waals surface area contributed by atoms with Crippen LogP contribution in [0, 0.1) is 0 Å². The summed E-state index contributed by atoms with van der Waals surface area (Å²) in [6.45, 7) is 0. The van der Waals surface area contributed by atoms with Gasteiger partial charge in [-0.25, -0.2) is 0 Å². The predicted molar refractivity (Wildman–Crippen MR) is 63.7 cm³/mol. The number of pyridine rings is 1. The molecule has 0 atom stereocenters. The molecule has 0 aliphatic rings. The van der Waals surface area contributed by atoms with Crippen molar-refractivity contribution in [2.45, 2.75) is 0 Å². The minimum atomic E-state index is 0.778. The van der Waals surface area contributed by atoms with E-state index in [9.17, 15) is 0 Å².